The standard InChI is InChI=1S/C13H19N3O/c1-8(9-3-2-4-9)16-13(17)11-6-5-10(14)7-12(11)15/h5-9H,2-4,14-15H2,1H3,(H,16,17). The number of anilines is 2. The second kappa shape index (κ2) is 4.65. The largest absolute Gasteiger partial charge is 0.399 e. The monoisotopic (exact) mass is 233 g/mol. The van der Waals surface area contributed by atoms with Gasteiger partial charge in [0.2, 0.25) is 0 Å². The van der Waals surface area contributed by atoms with E-state index in [-0.39, 0.29) is 11.9 Å². The molecular formula is C13H19N3O. The molecule has 0 radical (unpaired) electrons. The van der Waals surface area contributed by atoms with E-state index in [9.17, 15) is 4.79 Å². The minimum Gasteiger partial charge on any atom is -0.399 e. The molecule has 1 aliphatic carbocycles. The molecule has 1 saturated carbocycles. The zero-order valence-electron chi connectivity index (χ0n) is 10.1. The fourth-order valence-electron chi connectivity index (χ4n) is 2.13. The van der Waals surface area contributed by atoms with Gasteiger partial charge in [-0.15, -0.1) is 0 Å². The van der Waals surface area contributed by atoms with Crippen molar-refractivity contribution in [2.24, 2.45) is 5.92 Å². The van der Waals surface area contributed by atoms with E-state index < -0.39 is 0 Å². The average Bonchev–Trinajstić information content (AvgIpc) is 2.13. The van der Waals surface area contributed by atoms with Crippen molar-refractivity contribution in [1.29, 1.82) is 0 Å². The summed E-state index contributed by atoms with van der Waals surface area (Å²) in [4.78, 5) is 12.0. The number of nitrogens with one attached hydrogen (secondary N) is 1. The topological polar surface area (TPSA) is 81.1 Å². The minimum absolute atomic E-state index is 0.109. The van der Waals surface area contributed by atoms with Gasteiger partial charge in [-0.05, 0) is 43.9 Å². The number of carbonyl (C=O) groups is 1. The zero-order chi connectivity index (χ0) is 12.4. The molecule has 0 heterocycles. The number of carbonyl (C=O) groups excluding carboxylic acids is 1. The van der Waals surface area contributed by atoms with Gasteiger partial charge in [0, 0.05) is 17.4 Å². The fourth-order valence-corrected chi connectivity index (χ4v) is 2.13. The summed E-state index contributed by atoms with van der Waals surface area (Å²) in [5.41, 5.74) is 12.9. The highest BCUT2D eigenvalue weighted by Gasteiger charge is 2.25. The maximum absolute atomic E-state index is 12.0. The zero-order valence-corrected chi connectivity index (χ0v) is 10.1. The van der Waals surface area contributed by atoms with Gasteiger partial charge < -0.3 is 16.8 Å². The Morgan fingerprint density at radius 1 is 1.41 bits per heavy atom. The first-order valence-corrected chi connectivity index (χ1v) is 6.04. The highest BCUT2D eigenvalue weighted by atomic mass is 16.1. The van der Waals surface area contributed by atoms with Crippen LogP contribution in [0.2, 0.25) is 0 Å². The first kappa shape index (κ1) is 11.8. The van der Waals surface area contributed by atoms with Crippen LogP contribution in [0, 0.1) is 5.92 Å². The quantitative estimate of drug-likeness (QED) is 0.696. The lowest BCUT2D eigenvalue weighted by Crippen LogP contribution is -2.40. The van der Waals surface area contributed by atoms with Crippen molar-refractivity contribution in [3.8, 4) is 0 Å². The van der Waals surface area contributed by atoms with Crippen LogP contribution < -0.4 is 16.8 Å². The second-order valence-electron chi connectivity index (χ2n) is 4.80. The molecule has 4 heteroatoms. The summed E-state index contributed by atoms with van der Waals surface area (Å²) in [6.07, 6.45) is 3.69. The van der Waals surface area contributed by atoms with Crippen LogP contribution in [0.3, 0.4) is 0 Å². The molecule has 1 fully saturated rings. The molecule has 1 aromatic carbocycles. The van der Waals surface area contributed by atoms with Gasteiger partial charge >= 0.3 is 0 Å². The van der Waals surface area contributed by atoms with Crippen molar-refractivity contribution in [3.63, 3.8) is 0 Å². The number of amides is 1. The summed E-state index contributed by atoms with van der Waals surface area (Å²) in [6.45, 7) is 2.05. The molecule has 17 heavy (non-hydrogen) atoms. The average molecular weight is 233 g/mol. The van der Waals surface area contributed by atoms with Gasteiger partial charge in [-0.25, -0.2) is 0 Å². The van der Waals surface area contributed by atoms with Crippen molar-refractivity contribution < 1.29 is 4.79 Å². The lowest BCUT2D eigenvalue weighted by atomic mass is 9.80. The van der Waals surface area contributed by atoms with Crippen molar-refractivity contribution in [3.05, 3.63) is 23.8 Å². The Bertz CT molecular complexity index is 427. The Balaban J connectivity index is 2.03. The van der Waals surface area contributed by atoms with Gasteiger partial charge in [0.1, 0.15) is 0 Å². The van der Waals surface area contributed by atoms with Gasteiger partial charge in [-0.2, -0.15) is 0 Å². The molecule has 0 aromatic heterocycles. The van der Waals surface area contributed by atoms with Crippen molar-refractivity contribution in [2.75, 3.05) is 11.5 Å². The van der Waals surface area contributed by atoms with E-state index >= 15 is 0 Å². The minimum atomic E-state index is -0.109. The first-order valence-electron chi connectivity index (χ1n) is 6.04. The highest BCUT2D eigenvalue weighted by Crippen LogP contribution is 2.29. The van der Waals surface area contributed by atoms with E-state index in [4.69, 9.17) is 11.5 Å². The van der Waals surface area contributed by atoms with E-state index in [0.29, 0.717) is 22.9 Å². The number of hydrogen-bond donors (Lipinski definition) is 3. The highest BCUT2D eigenvalue weighted by molar-refractivity contribution is 5.99. The number of hydrogen-bond acceptors (Lipinski definition) is 3. The summed E-state index contributed by atoms with van der Waals surface area (Å²) >= 11 is 0. The van der Waals surface area contributed by atoms with Crippen LogP contribution in [-0.2, 0) is 0 Å². The Kier molecular flexibility index (Phi) is 3.22. The number of rotatable bonds is 3. The Morgan fingerprint density at radius 3 is 2.65 bits per heavy atom. The van der Waals surface area contributed by atoms with E-state index in [1.165, 1.54) is 19.3 Å². The third-order valence-corrected chi connectivity index (χ3v) is 3.54. The van der Waals surface area contributed by atoms with Crippen LogP contribution in [0.4, 0.5) is 11.4 Å². The normalized spacial score (nSPS) is 17.2. The van der Waals surface area contributed by atoms with Crippen molar-refractivity contribution in [1.82, 2.24) is 5.32 Å². The summed E-state index contributed by atoms with van der Waals surface area (Å²) < 4.78 is 0. The maximum Gasteiger partial charge on any atom is 0.253 e. The molecule has 2 rings (SSSR count). The van der Waals surface area contributed by atoms with Crippen LogP contribution in [0.25, 0.3) is 0 Å². The van der Waals surface area contributed by atoms with Gasteiger partial charge in [0.05, 0.1) is 5.56 Å². The first-order chi connectivity index (χ1) is 8.08. The number of nitrogen functional groups attached to an aromatic ring is 2. The molecule has 1 atom stereocenters. The molecule has 0 saturated heterocycles. The van der Waals surface area contributed by atoms with Crippen LogP contribution in [0.5, 0.6) is 0 Å². The van der Waals surface area contributed by atoms with E-state index in [1.807, 2.05) is 0 Å². The SMILES string of the molecule is CC(NC(=O)c1ccc(N)cc1N)C1CCC1. The Morgan fingerprint density at radius 2 is 2.12 bits per heavy atom. The smallest absolute Gasteiger partial charge is 0.253 e. The Labute approximate surface area is 101 Å². The maximum atomic E-state index is 12.0. The van der Waals surface area contributed by atoms with Crippen LogP contribution in [0.15, 0.2) is 18.2 Å². The number of nitrogens with two attached hydrogens (primary N) is 2. The van der Waals surface area contributed by atoms with Gasteiger partial charge in [-0.3, -0.25) is 4.79 Å². The lowest BCUT2D eigenvalue weighted by Gasteiger charge is -2.32. The van der Waals surface area contributed by atoms with Crippen molar-refractivity contribution >= 4 is 17.3 Å². The van der Waals surface area contributed by atoms with Gasteiger partial charge in [0.15, 0.2) is 0 Å². The summed E-state index contributed by atoms with van der Waals surface area (Å²) in [5, 5.41) is 3.00. The predicted octanol–water partition coefficient (Wildman–Crippen LogP) is 1.77. The molecule has 92 valence electrons. The fraction of sp³-hybridized carbons (Fsp3) is 0.462. The molecule has 0 spiro atoms. The van der Waals surface area contributed by atoms with E-state index in [1.54, 1.807) is 18.2 Å². The second-order valence-corrected chi connectivity index (χ2v) is 4.80. The molecular weight excluding hydrogens is 214 g/mol. The number of benzene rings is 1. The molecule has 1 aliphatic rings. The molecule has 5 N–H and O–H groups in total. The summed E-state index contributed by atoms with van der Waals surface area (Å²) in [7, 11) is 0. The summed E-state index contributed by atoms with van der Waals surface area (Å²) in [5.74, 6) is 0.510. The molecule has 1 aromatic rings. The third kappa shape index (κ3) is 2.52. The Hall–Kier alpha value is -1.71. The van der Waals surface area contributed by atoms with Crippen LogP contribution in [0.1, 0.15) is 36.5 Å². The van der Waals surface area contributed by atoms with Crippen LogP contribution in [-0.4, -0.2) is 11.9 Å². The molecule has 0 bridgehead atoms. The molecule has 0 aliphatic heterocycles. The molecule has 1 unspecified atom stereocenters. The van der Waals surface area contributed by atoms with Gasteiger partial charge in [-0.1, -0.05) is 6.42 Å². The third-order valence-electron chi connectivity index (χ3n) is 3.54. The molecule has 4 nitrogen and oxygen atoms in total. The summed E-state index contributed by atoms with van der Waals surface area (Å²) in [6, 6.07) is 5.20. The van der Waals surface area contributed by atoms with E-state index in [0.717, 1.165) is 0 Å². The van der Waals surface area contributed by atoms with E-state index in [2.05, 4.69) is 12.2 Å². The van der Waals surface area contributed by atoms with Crippen LogP contribution >= 0.6 is 0 Å². The molecule has 1 amide bonds. The van der Waals surface area contributed by atoms with Gasteiger partial charge in [0.25, 0.3) is 5.91 Å². The predicted molar refractivity (Wildman–Crippen MR) is 69.5 cm³/mol. The lowest BCUT2D eigenvalue weighted by molar-refractivity contribution is 0.0910. The van der Waals surface area contributed by atoms with Crippen molar-refractivity contribution in [2.45, 2.75) is 32.2 Å².